The van der Waals surface area contributed by atoms with Crippen LogP contribution in [0, 0.1) is 0 Å². The Morgan fingerprint density at radius 2 is 1.79 bits per heavy atom. The summed E-state index contributed by atoms with van der Waals surface area (Å²) in [6.45, 7) is 6.54. The minimum atomic E-state index is -0.880. The van der Waals surface area contributed by atoms with Crippen molar-refractivity contribution in [3.63, 3.8) is 0 Å². The fourth-order valence-corrected chi connectivity index (χ4v) is 2.83. The lowest BCUT2D eigenvalue weighted by Crippen LogP contribution is -2.32. The zero-order chi connectivity index (χ0) is 21.2. The molecule has 2 amide bonds. The number of hydrazone groups is 1. The van der Waals surface area contributed by atoms with E-state index in [2.05, 4.69) is 15.8 Å². The number of amides is 2. The Balaban J connectivity index is 2.04. The molecule has 0 heterocycles. The summed E-state index contributed by atoms with van der Waals surface area (Å²) < 4.78 is 11.0. The summed E-state index contributed by atoms with van der Waals surface area (Å²) >= 11 is 6.24. The first-order valence-electron chi connectivity index (χ1n) is 9.31. The van der Waals surface area contributed by atoms with E-state index in [0.29, 0.717) is 41.0 Å². The van der Waals surface area contributed by atoms with Crippen molar-refractivity contribution in [1.82, 2.24) is 5.43 Å². The van der Waals surface area contributed by atoms with Crippen LogP contribution in [0.1, 0.15) is 31.9 Å². The molecule has 2 N–H and O–H groups in total. The van der Waals surface area contributed by atoms with Gasteiger partial charge in [0, 0.05) is 5.69 Å². The summed E-state index contributed by atoms with van der Waals surface area (Å²) in [7, 11) is 0. The van der Waals surface area contributed by atoms with E-state index in [4.69, 9.17) is 21.1 Å². The van der Waals surface area contributed by atoms with Gasteiger partial charge in [-0.3, -0.25) is 9.59 Å². The number of halogens is 1. The zero-order valence-electron chi connectivity index (χ0n) is 16.6. The van der Waals surface area contributed by atoms with E-state index in [1.165, 1.54) is 6.21 Å². The average molecular weight is 418 g/mol. The quantitative estimate of drug-likeness (QED) is 0.388. The largest absolute Gasteiger partial charge is 0.490 e. The van der Waals surface area contributed by atoms with Gasteiger partial charge in [0.25, 0.3) is 0 Å². The van der Waals surface area contributed by atoms with Gasteiger partial charge in [0.1, 0.15) is 0 Å². The molecule has 0 aliphatic carbocycles. The smallest absolute Gasteiger partial charge is 0.329 e. The summed E-state index contributed by atoms with van der Waals surface area (Å²) in [5.41, 5.74) is 4.32. The number of nitrogens with one attached hydrogen (secondary N) is 2. The van der Waals surface area contributed by atoms with E-state index in [-0.39, 0.29) is 0 Å². The molecule has 2 aromatic carbocycles. The van der Waals surface area contributed by atoms with Crippen molar-refractivity contribution in [1.29, 1.82) is 0 Å². The third kappa shape index (κ3) is 6.22. The number of benzene rings is 2. The van der Waals surface area contributed by atoms with Gasteiger partial charge in [-0.15, -0.1) is 0 Å². The molecule has 0 atom stereocenters. The van der Waals surface area contributed by atoms with Gasteiger partial charge in [0.15, 0.2) is 11.5 Å². The molecule has 0 radical (unpaired) electrons. The second kappa shape index (κ2) is 11.1. The van der Waals surface area contributed by atoms with Gasteiger partial charge >= 0.3 is 11.8 Å². The Morgan fingerprint density at radius 1 is 1.07 bits per heavy atom. The van der Waals surface area contributed by atoms with Gasteiger partial charge in [-0.05, 0) is 49.6 Å². The van der Waals surface area contributed by atoms with Crippen molar-refractivity contribution >= 4 is 35.3 Å². The SMILES string of the molecule is CCOc1cc(/C=N\NC(=O)C(=O)Nc2ccccc2CC)cc(Cl)c1OCC. The summed E-state index contributed by atoms with van der Waals surface area (Å²) in [4.78, 5) is 24.1. The lowest BCUT2D eigenvalue weighted by atomic mass is 10.1. The van der Waals surface area contributed by atoms with E-state index in [1.807, 2.05) is 32.9 Å². The van der Waals surface area contributed by atoms with Crippen LogP contribution in [-0.4, -0.2) is 31.2 Å². The molecule has 0 aliphatic rings. The van der Waals surface area contributed by atoms with Crippen LogP contribution < -0.4 is 20.2 Å². The Morgan fingerprint density at radius 3 is 2.48 bits per heavy atom. The molecule has 29 heavy (non-hydrogen) atoms. The second-order valence-electron chi connectivity index (χ2n) is 5.86. The average Bonchev–Trinajstić information content (AvgIpc) is 2.71. The first kappa shape index (κ1) is 22.2. The molecule has 0 saturated heterocycles. The molecule has 0 spiro atoms. The topological polar surface area (TPSA) is 89.0 Å². The van der Waals surface area contributed by atoms with Crippen LogP contribution in [0.4, 0.5) is 5.69 Å². The highest BCUT2D eigenvalue weighted by Gasteiger charge is 2.15. The number of aryl methyl sites for hydroxylation is 1. The molecule has 0 fully saturated rings. The molecular weight excluding hydrogens is 394 g/mol. The minimum Gasteiger partial charge on any atom is -0.490 e. The number of rotatable bonds is 8. The molecule has 0 unspecified atom stereocenters. The van der Waals surface area contributed by atoms with Crippen molar-refractivity contribution in [2.24, 2.45) is 5.10 Å². The maximum absolute atomic E-state index is 12.1. The normalized spacial score (nSPS) is 10.6. The lowest BCUT2D eigenvalue weighted by Gasteiger charge is -2.13. The monoisotopic (exact) mass is 417 g/mol. The summed E-state index contributed by atoms with van der Waals surface area (Å²) in [6, 6.07) is 10.6. The van der Waals surface area contributed by atoms with Crippen molar-refractivity contribution in [3.05, 3.63) is 52.5 Å². The summed E-state index contributed by atoms with van der Waals surface area (Å²) in [5, 5.41) is 6.77. The maximum atomic E-state index is 12.1. The molecule has 154 valence electrons. The lowest BCUT2D eigenvalue weighted by molar-refractivity contribution is -0.136. The molecule has 0 aliphatic heterocycles. The van der Waals surface area contributed by atoms with Crippen LogP contribution in [-0.2, 0) is 16.0 Å². The fraction of sp³-hybridized carbons (Fsp3) is 0.286. The number of anilines is 1. The standard InChI is InChI=1S/C21H24ClN3O4/c1-4-15-9-7-8-10-17(15)24-20(26)21(27)25-23-13-14-11-16(22)19(29-6-3)18(12-14)28-5-2/h7-13H,4-6H2,1-3H3,(H,24,26)(H,25,27)/b23-13-. The molecular formula is C21H24ClN3O4. The van der Waals surface area contributed by atoms with E-state index in [1.54, 1.807) is 24.3 Å². The van der Waals surface area contributed by atoms with Crippen LogP contribution in [0.3, 0.4) is 0 Å². The van der Waals surface area contributed by atoms with E-state index in [9.17, 15) is 9.59 Å². The van der Waals surface area contributed by atoms with Gasteiger partial charge in [-0.2, -0.15) is 5.10 Å². The van der Waals surface area contributed by atoms with Crippen molar-refractivity contribution in [2.45, 2.75) is 27.2 Å². The Labute approximate surface area is 175 Å². The van der Waals surface area contributed by atoms with Gasteiger partial charge in [0.05, 0.1) is 24.5 Å². The van der Waals surface area contributed by atoms with Crippen LogP contribution in [0.15, 0.2) is 41.5 Å². The molecule has 8 heteroatoms. The van der Waals surface area contributed by atoms with Crippen LogP contribution in [0.25, 0.3) is 0 Å². The van der Waals surface area contributed by atoms with E-state index < -0.39 is 11.8 Å². The van der Waals surface area contributed by atoms with Crippen LogP contribution >= 0.6 is 11.6 Å². The van der Waals surface area contributed by atoms with Crippen LogP contribution in [0.5, 0.6) is 11.5 Å². The number of para-hydroxylation sites is 1. The first-order valence-corrected chi connectivity index (χ1v) is 9.69. The zero-order valence-corrected chi connectivity index (χ0v) is 17.4. The molecule has 2 rings (SSSR count). The maximum Gasteiger partial charge on any atom is 0.329 e. The first-order chi connectivity index (χ1) is 14.0. The van der Waals surface area contributed by atoms with Crippen LogP contribution in [0.2, 0.25) is 5.02 Å². The number of carbonyl (C=O) groups is 2. The number of carbonyl (C=O) groups excluding carboxylic acids is 2. The van der Waals surface area contributed by atoms with E-state index in [0.717, 1.165) is 12.0 Å². The number of nitrogens with zero attached hydrogens (tertiary/aromatic N) is 1. The van der Waals surface area contributed by atoms with Gasteiger partial charge < -0.3 is 14.8 Å². The van der Waals surface area contributed by atoms with Crippen molar-refractivity contribution in [3.8, 4) is 11.5 Å². The third-order valence-corrected chi connectivity index (χ3v) is 4.13. The highest BCUT2D eigenvalue weighted by molar-refractivity contribution is 6.39. The van der Waals surface area contributed by atoms with Crippen molar-refractivity contribution in [2.75, 3.05) is 18.5 Å². The molecule has 0 aromatic heterocycles. The highest BCUT2D eigenvalue weighted by Crippen LogP contribution is 2.36. The predicted molar refractivity (Wildman–Crippen MR) is 114 cm³/mol. The minimum absolute atomic E-state index is 0.361. The van der Waals surface area contributed by atoms with E-state index >= 15 is 0 Å². The molecule has 0 saturated carbocycles. The van der Waals surface area contributed by atoms with Gasteiger partial charge in [0.2, 0.25) is 0 Å². The van der Waals surface area contributed by atoms with Crippen molar-refractivity contribution < 1.29 is 19.1 Å². The Kier molecular flexibility index (Phi) is 8.48. The summed E-state index contributed by atoms with van der Waals surface area (Å²) in [5.74, 6) is -0.758. The molecule has 7 nitrogen and oxygen atoms in total. The Hall–Kier alpha value is -3.06. The fourth-order valence-electron chi connectivity index (χ4n) is 2.56. The van der Waals surface area contributed by atoms with Gasteiger partial charge in [-0.25, -0.2) is 5.43 Å². The number of hydrogen-bond acceptors (Lipinski definition) is 5. The predicted octanol–water partition coefficient (Wildman–Crippen LogP) is 3.79. The second-order valence-corrected chi connectivity index (χ2v) is 6.27. The third-order valence-electron chi connectivity index (χ3n) is 3.85. The summed E-state index contributed by atoms with van der Waals surface area (Å²) in [6.07, 6.45) is 2.10. The van der Waals surface area contributed by atoms with Gasteiger partial charge in [-0.1, -0.05) is 36.7 Å². The molecule has 0 bridgehead atoms. The number of ether oxygens (including phenoxy) is 2. The Bertz CT molecular complexity index is 899. The highest BCUT2D eigenvalue weighted by atomic mass is 35.5. The number of hydrogen-bond donors (Lipinski definition) is 2. The molecule has 2 aromatic rings.